The molecule has 0 amide bonds. The van der Waals surface area contributed by atoms with Gasteiger partial charge in [-0.1, -0.05) is 48.5 Å². The molecule has 0 aliphatic carbocycles. The second-order valence-electron chi connectivity index (χ2n) is 8.56. The molecule has 6 nitrogen and oxygen atoms in total. The Kier molecular flexibility index (Phi) is 7.83. The van der Waals surface area contributed by atoms with Gasteiger partial charge in [0.1, 0.15) is 18.3 Å². The number of aryl methyl sites for hydroxylation is 1. The summed E-state index contributed by atoms with van der Waals surface area (Å²) in [6.07, 6.45) is -0.709. The lowest BCUT2D eigenvalue weighted by molar-refractivity contribution is 0.0424. The number of hydrogen-bond donors (Lipinski definition) is 1. The van der Waals surface area contributed by atoms with Gasteiger partial charge in [-0.25, -0.2) is 4.68 Å². The largest absolute Gasteiger partial charge is 0.474 e. The maximum Gasteiger partial charge on any atom is 0.228 e. The lowest BCUT2D eigenvalue weighted by Crippen LogP contribution is -2.43. The fraction of sp³-hybridized carbons (Fsp3) is 0.385. The minimum Gasteiger partial charge on any atom is -0.474 e. The molecule has 32 heavy (non-hydrogen) atoms. The fourth-order valence-electron chi connectivity index (χ4n) is 3.87. The predicted molar refractivity (Wildman–Crippen MR) is 127 cm³/mol. The van der Waals surface area contributed by atoms with E-state index >= 15 is 0 Å². The molecule has 1 atom stereocenters. The van der Waals surface area contributed by atoms with Crippen molar-refractivity contribution in [2.24, 2.45) is 0 Å². The second kappa shape index (κ2) is 10.6. The molecule has 0 aliphatic heterocycles. The van der Waals surface area contributed by atoms with E-state index in [0.29, 0.717) is 41.3 Å². The first-order chi connectivity index (χ1) is 15.3. The molecule has 0 saturated carbocycles. The van der Waals surface area contributed by atoms with Gasteiger partial charge in [0.25, 0.3) is 0 Å². The van der Waals surface area contributed by atoms with Gasteiger partial charge in [0.2, 0.25) is 5.88 Å². The number of carbonyl (C=O) groups is 1. The summed E-state index contributed by atoms with van der Waals surface area (Å²) >= 11 is 0. The van der Waals surface area contributed by atoms with Crippen molar-refractivity contribution in [2.75, 3.05) is 13.2 Å². The summed E-state index contributed by atoms with van der Waals surface area (Å²) in [5, 5.41) is 15.3. The third-order valence-corrected chi connectivity index (χ3v) is 5.44. The molecule has 0 fully saturated rings. The van der Waals surface area contributed by atoms with Crippen LogP contribution in [0.5, 0.6) is 5.88 Å². The van der Waals surface area contributed by atoms with Crippen molar-refractivity contribution in [3.63, 3.8) is 0 Å². The van der Waals surface area contributed by atoms with Gasteiger partial charge in [0.15, 0.2) is 5.78 Å². The zero-order valence-corrected chi connectivity index (χ0v) is 19.5. The van der Waals surface area contributed by atoms with Gasteiger partial charge >= 0.3 is 0 Å². The van der Waals surface area contributed by atoms with Crippen LogP contribution in [0.2, 0.25) is 0 Å². The number of ether oxygens (including phenoxy) is 1. The minimum atomic E-state index is -0.709. The van der Waals surface area contributed by atoms with Gasteiger partial charge in [0.05, 0.1) is 11.4 Å². The molecule has 0 aliphatic rings. The van der Waals surface area contributed by atoms with Crippen molar-refractivity contribution >= 4 is 5.78 Å². The first-order valence-corrected chi connectivity index (χ1v) is 11.1. The average Bonchev–Trinajstić information content (AvgIpc) is 3.12. The number of aliphatic hydroxyl groups is 1. The van der Waals surface area contributed by atoms with Crippen LogP contribution in [0.1, 0.15) is 49.3 Å². The first-order valence-electron chi connectivity index (χ1n) is 11.1. The van der Waals surface area contributed by atoms with E-state index in [9.17, 15) is 9.90 Å². The Morgan fingerprint density at radius 3 is 2.12 bits per heavy atom. The number of nitrogens with zero attached hydrogens (tertiary/aromatic N) is 3. The number of para-hydroxylation sites is 1. The summed E-state index contributed by atoms with van der Waals surface area (Å²) in [5.41, 5.74) is 2.35. The Balaban J connectivity index is 1.93. The lowest BCUT2D eigenvalue weighted by atomic mass is 10.0. The van der Waals surface area contributed by atoms with Crippen LogP contribution in [0, 0.1) is 6.92 Å². The number of rotatable bonds is 10. The topological polar surface area (TPSA) is 67.6 Å². The van der Waals surface area contributed by atoms with Crippen LogP contribution < -0.4 is 4.74 Å². The molecule has 0 radical (unpaired) electrons. The summed E-state index contributed by atoms with van der Waals surface area (Å²) in [6.45, 7) is 10.8. The van der Waals surface area contributed by atoms with Crippen LogP contribution in [-0.2, 0) is 0 Å². The molecule has 0 saturated heterocycles. The quantitative estimate of drug-likeness (QED) is 0.482. The molecule has 0 bridgehead atoms. The van der Waals surface area contributed by atoms with Crippen LogP contribution >= 0.6 is 0 Å². The minimum absolute atomic E-state index is 0.0585. The van der Waals surface area contributed by atoms with E-state index in [4.69, 9.17) is 4.74 Å². The summed E-state index contributed by atoms with van der Waals surface area (Å²) in [4.78, 5) is 15.5. The highest BCUT2D eigenvalue weighted by Gasteiger charge is 2.26. The van der Waals surface area contributed by atoms with Crippen molar-refractivity contribution in [3.8, 4) is 11.6 Å². The third kappa shape index (κ3) is 5.44. The number of benzene rings is 2. The fourth-order valence-corrected chi connectivity index (χ4v) is 3.87. The molecule has 1 unspecified atom stereocenters. The van der Waals surface area contributed by atoms with Crippen LogP contribution in [-0.4, -0.2) is 56.9 Å². The van der Waals surface area contributed by atoms with E-state index in [1.807, 2.05) is 48.5 Å². The SMILES string of the molecule is Cc1nn(-c2ccccc2)c(OCC(O)CN(C(C)C)C(C)C)c1C(=O)c1ccccc1. The van der Waals surface area contributed by atoms with Crippen LogP contribution in [0.25, 0.3) is 5.69 Å². The van der Waals surface area contributed by atoms with Crippen molar-refractivity contribution < 1.29 is 14.6 Å². The molecular formula is C26H33N3O3. The summed E-state index contributed by atoms with van der Waals surface area (Å²) in [6, 6.07) is 19.3. The zero-order valence-electron chi connectivity index (χ0n) is 19.5. The van der Waals surface area contributed by atoms with Gasteiger partial charge in [-0.2, -0.15) is 5.10 Å². The van der Waals surface area contributed by atoms with Crippen molar-refractivity contribution in [1.82, 2.24) is 14.7 Å². The van der Waals surface area contributed by atoms with E-state index in [1.54, 1.807) is 23.7 Å². The summed E-state index contributed by atoms with van der Waals surface area (Å²) < 4.78 is 7.75. The molecule has 1 N–H and O–H groups in total. The van der Waals surface area contributed by atoms with Gasteiger partial charge in [0, 0.05) is 24.2 Å². The normalized spacial score (nSPS) is 12.5. The van der Waals surface area contributed by atoms with Crippen LogP contribution in [0.3, 0.4) is 0 Å². The highest BCUT2D eigenvalue weighted by molar-refractivity contribution is 6.11. The number of hydrogen-bond acceptors (Lipinski definition) is 5. The maximum atomic E-state index is 13.3. The molecule has 0 spiro atoms. The van der Waals surface area contributed by atoms with Crippen LogP contribution in [0.15, 0.2) is 60.7 Å². The monoisotopic (exact) mass is 435 g/mol. The summed E-state index contributed by atoms with van der Waals surface area (Å²) in [7, 11) is 0. The number of aromatic nitrogens is 2. The molecule has 2 aromatic carbocycles. The molecule has 3 aromatic rings. The Bertz CT molecular complexity index is 1010. The maximum absolute atomic E-state index is 13.3. The Hall–Kier alpha value is -2.96. The highest BCUT2D eigenvalue weighted by Crippen LogP contribution is 2.28. The first kappa shape index (κ1) is 23.7. The van der Waals surface area contributed by atoms with Gasteiger partial charge in [-0.3, -0.25) is 9.69 Å². The Morgan fingerprint density at radius 1 is 1.00 bits per heavy atom. The smallest absolute Gasteiger partial charge is 0.228 e. The van der Waals surface area contributed by atoms with E-state index in [1.165, 1.54) is 0 Å². The molecule has 1 heterocycles. The Morgan fingerprint density at radius 2 is 1.56 bits per heavy atom. The zero-order chi connectivity index (χ0) is 23.3. The standard InChI is InChI=1S/C26H33N3O3/c1-18(2)28(19(3)4)16-23(30)17-32-26-24(25(31)21-12-8-6-9-13-21)20(5)27-29(26)22-14-10-7-11-15-22/h6-15,18-19,23,30H,16-17H2,1-5H3. The molecule has 170 valence electrons. The second-order valence-corrected chi connectivity index (χ2v) is 8.56. The van der Waals surface area contributed by atoms with Gasteiger partial charge < -0.3 is 9.84 Å². The van der Waals surface area contributed by atoms with Gasteiger partial charge in [-0.15, -0.1) is 0 Å². The lowest BCUT2D eigenvalue weighted by Gasteiger charge is -2.32. The van der Waals surface area contributed by atoms with Crippen molar-refractivity contribution in [3.05, 3.63) is 77.5 Å². The van der Waals surface area contributed by atoms with Crippen LogP contribution in [0.4, 0.5) is 0 Å². The van der Waals surface area contributed by atoms with Gasteiger partial charge in [-0.05, 0) is 46.8 Å². The number of aliphatic hydroxyl groups excluding tert-OH is 1. The van der Waals surface area contributed by atoms with E-state index in [0.717, 1.165) is 5.69 Å². The highest BCUT2D eigenvalue weighted by atomic mass is 16.5. The number of ketones is 1. The average molecular weight is 436 g/mol. The predicted octanol–water partition coefficient (Wildman–Crippen LogP) is 4.27. The molecule has 3 rings (SSSR count). The van der Waals surface area contributed by atoms with E-state index < -0.39 is 6.10 Å². The van der Waals surface area contributed by atoms with E-state index in [2.05, 4.69) is 37.7 Å². The molecular weight excluding hydrogens is 402 g/mol. The Labute approximate surface area is 190 Å². The van der Waals surface area contributed by atoms with E-state index in [-0.39, 0.29) is 12.4 Å². The van der Waals surface area contributed by atoms with Crippen molar-refractivity contribution in [2.45, 2.75) is 52.8 Å². The molecule has 6 heteroatoms. The number of carbonyl (C=O) groups excluding carboxylic acids is 1. The third-order valence-electron chi connectivity index (χ3n) is 5.44. The summed E-state index contributed by atoms with van der Waals surface area (Å²) in [5.74, 6) is 0.197. The van der Waals surface area contributed by atoms with Crippen molar-refractivity contribution in [1.29, 1.82) is 0 Å². The molecule has 1 aromatic heterocycles.